The Labute approximate surface area is 123 Å². The maximum absolute atomic E-state index is 10.5. The predicted octanol–water partition coefficient (Wildman–Crippen LogP) is 1.40. The van der Waals surface area contributed by atoms with Gasteiger partial charge in [0.15, 0.2) is 5.82 Å². The molecule has 20 heavy (non-hydrogen) atoms. The molecule has 0 unspecified atom stereocenters. The van der Waals surface area contributed by atoms with Crippen LogP contribution in [0.2, 0.25) is 0 Å². The van der Waals surface area contributed by atoms with Crippen molar-refractivity contribution in [1.82, 2.24) is 19.8 Å². The number of fused-ring (bicyclic) bond motifs is 1. The molecule has 3 heterocycles. The minimum absolute atomic E-state index is 0.0902. The van der Waals surface area contributed by atoms with Crippen LogP contribution < -0.4 is 0 Å². The van der Waals surface area contributed by atoms with E-state index in [9.17, 15) is 4.79 Å². The molecule has 0 atom stereocenters. The minimum Gasteiger partial charge on any atom is -0.481 e. The summed E-state index contributed by atoms with van der Waals surface area (Å²) in [6.07, 6.45) is 1.89. The monoisotopic (exact) mass is 314 g/mol. The van der Waals surface area contributed by atoms with Crippen molar-refractivity contribution >= 4 is 34.0 Å². The van der Waals surface area contributed by atoms with Gasteiger partial charge >= 0.3 is 5.97 Å². The Balaban J connectivity index is 1.74. The lowest BCUT2D eigenvalue weighted by Crippen LogP contribution is -2.16. The van der Waals surface area contributed by atoms with E-state index in [0.29, 0.717) is 11.7 Å². The van der Waals surface area contributed by atoms with Crippen LogP contribution in [0.4, 0.5) is 0 Å². The normalized spacial score (nSPS) is 16.8. The van der Waals surface area contributed by atoms with Crippen molar-refractivity contribution in [3.8, 4) is 0 Å². The number of hydrogen-bond acceptors (Lipinski definition) is 7. The standard InChI is InChI=1S/C11H14N4O3S2/c16-9(17)6-19-5-8-14-15-10(12-13-11(15)20-8)7-1-3-18-4-2-7/h7H,1-6H2,(H,16,17). The average molecular weight is 314 g/mol. The van der Waals surface area contributed by atoms with Gasteiger partial charge in [-0.1, -0.05) is 11.3 Å². The molecule has 3 rings (SSSR count). The highest BCUT2D eigenvalue weighted by molar-refractivity contribution is 7.99. The van der Waals surface area contributed by atoms with Crippen molar-refractivity contribution < 1.29 is 14.6 Å². The number of carboxylic acid groups (broad SMARTS) is 1. The molecule has 0 aromatic carbocycles. The second-order valence-electron chi connectivity index (χ2n) is 4.52. The van der Waals surface area contributed by atoms with Crippen molar-refractivity contribution in [2.45, 2.75) is 24.5 Å². The fourth-order valence-corrected chi connectivity index (χ4v) is 3.80. The van der Waals surface area contributed by atoms with Crippen molar-refractivity contribution in [2.75, 3.05) is 19.0 Å². The lowest BCUT2D eigenvalue weighted by molar-refractivity contribution is -0.133. The molecule has 0 aliphatic carbocycles. The summed E-state index contributed by atoms with van der Waals surface area (Å²) >= 11 is 2.81. The Hall–Kier alpha value is -1.19. The van der Waals surface area contributed by atoms with E-state index in [2.05, 4.69) is 15.3 Å². The van der Waals surface area contributed by atoms with Crippen LogP contribution in [0.5, 0.6) is 0 Å². The van der Waals surface area contributed by atoms with Crippen LogP contribution in [0, 0.1) is 0 Å². The van der Waals surface area contributed by atoms with Gasteiger partial charge in [-0.25, -0.2) is 0 Å². The molecule has 0 amide bonds. The van der Waals surface area contributed by atoms with E-state index in [1.165, 1.54) is 23.1 Å². The predicted molar refractivity (Wildman–Crippen MR) is 75.3 cm³/mol. The maximum Gasteiger partial charge on any atom is 0.313 e. The Morgan fingerprint density at radius 3 is 3.00 bits per heavy atom. The van der Waals surface area contributed by atoms with Gasteiger partial charge in [-0.05, 0) is 12.8 Å². The van der Waals surface area contributed by atoms with Gasteiger partial charge in [0.05, 0.1) is 5.75 Å². The van der Waals surface area contributed by atoms with E-state index in [1.807, 2.05) is 0 Å². The Morgan fingerprint density at radius 2 is 2.25 bits per heavy atom. The summed E-state index contributed by atoms with van der Waals surface area (Å²) in [4.78, 5) is 11.3. The van der Waals surface area contributed by atoms with Crippen LogP contribution in [0.15, 0.2) is 0 Å². The van der Waals surface area contributed by atoms with Gasteiger partial charge in [0, 0.05) is 24.9 Å². The summed E-state index contributed by atoms with van der Waals surface area (Å²) in [6.45, 7) is 1.51. The van der Waals surface area contributed by atoms with Crippen LogP contribution in [0.3, 0.4) is 0 Å². The van der Waals surface area contributed by atoms with E-state index in [0.717, 1.165) is 41.8 Å². The van der Waals surface area contributed by atoms with E-state index in [4.69, 9.17) is 9.84 Å². The molecule has 0 radical (unpaired) electrons. The highest BCUT2D eigenvalue weighted by Gasteiger charge is 2.23. The second kappa shape index (κ2) is 6.06. The zero-order valence-electron chi connectivity index (χ0n) is 10.7. The van der Waals surface area contributed by atoms with Crippen LogP contribution >= 0.6 is 23.1 Å². The molecule has 1 aliphatic heterocycles. The molecule has 2 aromatic rings. The lowest BCUT2D eigenvalue weighted by atomic mass is 10.00. The summed E-state index contributed by atoms with van der Waals surface area (Å²) in [5.74, 6) is 1.12. The zero-order chi connectivity index (χ0) is 13.9. The molecule has 0 saturated carbocycles. The first-order chi connectivity index (χ1) is 9.74. The van der Waals surface area contributed by atoms with Crippen molar-refractivity contribution in [1.29, 1.82) is 0 Å². The molecule has 1 saturated heterocycles. The largest absolute Gasteiger partial charge is 0.481 e. The summed E-state index contributed by atoms with van der Waals surface area (Å²) in [6, 6.07) is 0. The lowest BCUT2D eigenvalue weighted by Gasteiger charge is -2.19. The number of thioether (sulfide) groups is 1. The first-order valence-electron chi connectivity index (χ1n) is 6.32. The van der Waals surface area contributed by atoms with Gasteiger partial charge in [-0.2, -0.15) is 9.61 Å². The highest BCUT2D eigenvalue weighted by atomic mass is 32.2. The van der Waals surface area contributed by atoms with Gasteiger partial charge in [0.25, 0.3) is 0 Å². The molecule has 7 nitrogen and oxygen atoms in total. The van der Waals surface area contributed by atoms with Gasteiger partial charge in [0.2, 0.25) is 4.96 Å². The molecule has 1 aliphatic rings. The summed E-state index contributed by atoms with van der Waals surface area (Å²) in [7, 11) is 0. The van der Waals surface area contributed by atoms with Crippen LogP contribution in [0.1, 0.15) is 29.6 Å². The minimum atomic E-state index is -0.805. The van der Waals surface area contributed by atoms with E-state index in [1.54, 1.807) is 4.52 Å². The molecule has 9 heteroatoms. The molecular formula is C11H14N4O3S2. The maximum atomic E-state index is 10.5. The smallest absolute Gasteiger partial charge is 0.313 e. The van der Waals surface area contributed by atoms with Crippen LogP contribution in [0.25, 0.3) is 4.96 Å². The fourth-order valence-electron chi connectivity index (χ4n) is 2.17. The summed E-state index contributed by atoms with van der Waals surface area (Å²) < 4.78 is 7.16. The topological polar surface area (TPSA) is 89.6 Å². The number of aliphatic carboxylic acids is 1. The fraction of sp³-hybridized carbons (Fsp3) is 0.636. The Bertz CT molecular complexity index is 606. The molecule has 0 spiro atoms. The summed E-state index contributed by atoms with van der Waals surface area (Å²) in [5, 5.41) is 22.4. The number of hydrogen-bond donors (Lipinski definition) is 1. The number of rotatable bonds is 5. The number of aromatic nitrogens is 4. The number of carbonyl (C=O) groups is 1. The van der Waals surface area contributed by atoms with Crippen molar-refractivity contribution in [3.05, 3.63) is 10.8 Å². The zero-order valence-corrected chi connectivity index (χ0v) is 12.3. The van der Waals surface area contributed by atoms with Crippen molar-refractivity contribution in [2.24, 2.45) is 0 Å². The SMILES string of the molecule is O=C(O)CSCc1nn2c(C3CCOCC3)nnc2s1. The third kappa shape index (κ3) is 2.94. The first-order valence-corrected chi connectivity index (χ1v) is 8.29. The van der Waals surface area contributed by atoms with Gasteiger partial charge in [-0.3, -0.25) is 4.79 Å². The molecular weight excluding hydrogens is 300 g/mol. The molecule has 1 fully saturated rings. The average Bonchev–Trinajstić information content (AvgIpc) is 2.99. The van der Waals surface area contributed by atoms with Gasteiger partial charge < -0.3 is 9.84 Å². The van der Waals surface area contributed by atoms with Crippen molar-refractivity contribution in [3.63, 3.8) is 0 Å². The molecule has 1 N–H and O–H groups in total. The number of nitrogens with zero attached hydrogens (tertiary/aromatic N) is 4. The number of carboxylic acids is 1. The van der Waals surface area contributed by atoms with E-state index >= 15 is 0 Å². The molecule has 2 aromatic heterocycles. The van der Waals surface area contributed by atoms with Gasteiger partial charge in [-0.15, -0.1) is 22.0 Å². The second-order valence-corrected chi connectivity index (χ2v) is 6.55. The quantitative estimate of drug-likeness (QED) is 0.892. The third-order valence-electron chi connectivity index (χ3n) is 3.09. The highest BCUT2D eigenvalue weighted by Crippen LogP contribution is 2.27. The number of ether oxygens (including phenoxy) is 1. The van der Waals surface area contributed by atoms with Gasteiger partial charge in [0.1, 0.15) is 5.01 Å². The van der Waals surface area contributed by atoms with E-state index < -0.39 is 5.97 Å². The Morgan fingerprint density at radius 1 is 1.45 bits per heavy atom. The summed E-state index contributed by atoms with van der Waals surface area (Å²) in [5.41, 5.74) is 0. The third-order valence-corrected chi connectivity index (χ3v) is 5.10. The molecule has 0 bridgehead atoms. The molecule has 108 valence electrons. The Kier molecular flexibility index (Phi) is 4.18. The first kappa shape index (κ1) is 13.8. The van der Waals surface area contributed by atoms with Crippen LogP contribution in [-0.4, -0.2) is 49.9 Å². The van der Waals surface area contributed by atoms with E-state index in [-0.39, 0.29) is 5.75 Å². The van der Waals surface area contributed by atoms with Crippen LogP contribution in [-0.2, 0) is 15.3 Å².